The van der Waals surface area contributed by atoms with Gasteiger partial charge in [-0.1, -0.05) is 19.3 Å². The summed E-state index contributed by atoms with van der Waals surface area (Å²) in [5.74, 6) is -0.234. The highest BCUT2D eigenvalue weighted by Gasteiger charge is 2.34. The molecular weight excluding hydrogens is 268 g/mol. The fraction of sp³-hybridized carbons (Fsp3) is 0.875. The van der Waals surface area contributed by atoms with E-state index in [1.165, 1.54) is 6.42 Å². The smallest absolute Gasteiger partial charge is 0.303 e. The van der Waals surface area contributed by atoms with Gasteiger partial charge in [0.05, 0.1) is 6.42 Å². The van der Waals surface area contributed by atoms with Gasteiger partial charge in [0.15, 0.2) is 0 Å². The molecule has 1 saturated heterocycles. The van der Waals surface area contributed by atoms with Gasteiger partial charge in [0.1, 0.15) is 0 Å². The Morgan fingerprint density at radius 2 is 1.95 bits per heavy atom. The van der Waals surface area contributed by atoms with E-state index in [0.29, 0.717) is 18.9 Å². The van der Waals surface area contributed by atoms with Crippen LogP contribution in [0.2, 0.25) is 0 Å². The van der Waals surface area contributed by atoms with Crippen molar-refractivity contribution >= 4 is 11.9 Å². The van der Waals surface area contributed by atoms with Crippen LogP contribution in [0.15, 0.2) is 0 Å². The predicted molar refractivity (Wildman–Crippen MR) is 81.0 cm³/mol. The number of rotatable bonds is 6. The van der Waals surface area contributed by atoms with E-state index in [1.54, 1.807) is 0 Å². The van der Waals surface area contributed by atoms with E-state index >= 15 is 0 Å². The quantitative estimate of drug-likeness (QED) is 0.699. The molecule has 0 spiro atoms. The van der Waals surface area contributed by atoms with Crippen LogP contribution in [0, 0.1) is 11.3 Å². The Labute approximate surface area is 126 Å². The summed E-state index contributed by atoms with van der Waals surface area (Å²) in [4.78, 5) is 23.2. The number of carbonyl (C=O) groups excluding carboxylic acids is 1. The number of carboxylic acids is 1. The molecule has 2 rings (SSSR count). The van der Waals surface area contributed by atoms with Crippen LogP contribution in [0.5, 0.6) is 0 Å². The zero-order valence-electron chi connectivity index (χ0n) is 12.8. The second-order valence-electron chi connectivity index (χ2n) is 6.82. The minimum atomic E-state index is -0.748. The van der Waals surface area contributed by atoms with Crippen LogP contribution >= 0.6 is 0 Å². The van der Waals surface area contributed by atoms with Gasteiger partial charge in [0.25, 0.3) is 0 Å². The second kappa shape index (κ2) is 7.78. The molecule has 0 bridgehead atoms. The third kappa shape index (κ3) is 5.30. The molecule has 1 atom stereocenters. The molecule has 1 heterocycles. The van der Waals surface area contributed by atoms with E-state index < -0.39 is 5.97 Å². The van der Waals surface area contributed by atoms with Gasteiger partial charge in [-0.15, -0.1) is 0 Å². The molecule has 0 aromatic heterocycles. The molecule has 120 valence electrons. The van der Waals surface area contributed by atoms with Gasteiger partial charge in [0, 0.05) is 13.0 Å². The Morgan fingerprint density at radius 3 is 2.57 bits per heavy atom. The molecule has 1 unspecified atom stereocenters. The van der Waals surface area contributed by atoms with Gasteiger partial charge in [-0.2, -0.15) is 0 Å². The third-order valence-electron chi connectivity index (χ3n) is 4.97. The maximum absolute atomic E-state index is 12.1. The first-order valence-electron chi connectivity index (χ1n) is 8.29. The summed E-state index contributed by atoms with van der Waals surface area (Å²) < 4.78 is 0. The Bertz CT molecular complexity index is 359. The van der Waals surface area contributed by atoms with Gasteiger partial charge in [-0.05, 0) is 50.1 Å². The molecule has 3 N–H and O–H groups in total. The van der Waals surface area contributed by atoms with Crippen LogP contribution in [0.3, 0.4) is 0 Å². The summed E-state index contributed by atoms with van der Waals surface area (Å²) in [6.07, 6.45) is 8.18. The highest BCUT2D eigenvalue weighted by molar-refractivity contribution is 5.76. The van der Waals surface area contributed by atoms with Crippen molar-refractivity contribution in [2.45, 2.75) is 57.8 Å². The van der Waals surface area contributed by atoms with Crippen molar-refractivity contribution in [2.24, 2.45) is 11.3 Å². The van der Waals surface area contributed by atoms with E-state index in [4.69, 9.17) is 5.11 Å². The molecule has 1 amide bonds. The van der Waals surface area contributed by atoms with Crippen LogP contribution in [0.4, 0.5) is 0 Å². The molecule has 2 aliphatic rings. The average Bonchev–Trinajstić information content (AvgIpc) is 2.47. The minimum absolute atomic E-state index is 0.0824. The number of carboxylic acid groups (broad SMARTS) is 1. The number of hydrogen-bond donors (Lipinski definition) is 3. The summed E-state index contributed by atoms with van der Waals surface area (Å²) in [5, 5.41) is 15.5. The minimum Gasteiger partial charge on any atom is -0.481 e. The van der Waals surface area contributed by atoms with E-state index in [-0.39, 0.29) is 17.7 Å². The summed E-state index contributed by atoms with van der Waals surface area (Å²) >= 11 is 0. The lowest BCUT2D eigenvalue weighted by Gasteiger charge is -2.36. The van der Waals surface area contributed by atoms with Crippen molar-refractivity contribution in [3.8, 4) is 0 Å². The summed E-state index contributed by atoms with van der Waals surface area (Å²) in [5.41, 5.74) is -0.218. The first-order chi connectivity index (χ1) is 10.1. The second-order valence-corrected chi connectivity index (χ2v) is 6.82. The van der Waals surface area contributed by atoms with Crippen LogP contribution in [0.25, 0.3) is 0 Å². The van der Waals surface area contributed by atoms with Crippen LogP contribution in [-0.2, 0) is 9.59 Å². The summed E-state index contributed by atoms with van der Waals surface area (Å²) in [6, 6.07) is 0. The average molecular weight is 296 g/mol. The van der Waals surface area contributed by atoms with Gasteiger partial charge < -0.3 is 15.7 Å². The predicted octanol–water partition coefficient (Wildman–Crippen LogP) is 1.92. The SMILES string of the molecule is O=C(O)CC1(CNC(=O)CC2CCCNC2)CCCCC1. The molecule has 0 radical (unpaired) electrons. The fourth-order valence-corrected chi connectivity index (χ4v) is 3.76. The molecule has 0 aromatic carbocycles. The summed E-state index contributed by atoms with van der Waals surface area (Å²) in [6.45, 7) is 2.51. The first kappa shape index (κ1) is 16.3. The molecule has 5 nitrogen and oxygen atoms in total. The fourth-order valence-electron chi connectivity index (χ4n) is 3.76. The first-order valence-corrected chi connectivity index (χ1v) is 8.29. The van der Waals surface area contributed by atoms with E-state index in [9.17, 15) is 9.59 Å². The van der Waals surface area contributed by atoms with Gasteiger partial charge in [-0.25, -0.2) is 0 Å². The van der Waals surface area contributed by atoms with Crippen molar-refractivity contribution in [2.75, 3.05) is 19.6 Å². The lowest BCUT2D eigenvalue weighted by molar-refractivity contribution is -0.140. The normalized spacial score (nSPS) is 25.2. The monoisotopic (exact) mass is 296 g/mol. The maximum atomic E-state index is 12.1. The lowest BCUT2D eigenvalue weighted by Crippen LogP contribution is -2.41. The van der Waals surface area contributed by atoms with Crippen LogP contribution < -0.4 is 10.6 Å². The van der Waals surface area contributed by atoms with Crippen molar-refractivity contribution in [1.82, 2.24) is 10.6 Å². The van der Waals surface area contributed by atoms with Crippen molar-refractivity contribution in [3.05, 3.63) is 0 Å². The number of aliphatic carboxylic acids is 1. The molecular formula is C16H28N2O3. The Kier molecular flexibility index (Phi) is 6.03. The number of carbonyl (C=O) groups is 2. The van der Waals surface area contributed by atoms with E-state index in [0.717, 1.165) is 51.6 Å². The molecule has 2 fully saturated rings. The van der Waals surface area contributed by atoms with Crippen LogP contribution in [-0.4, -0.2) is 36.6 Å². The van der Waals surface area contributed by atoms with Gasteiger partial charge >= 0.3 is 5.97 Å². The zero-order valence-corrected chi connectivity index (χ0v) is 12.8. The lowest BCUT2D eigenvalue weighted by atomic mass is 9.71. The molecule has 1 aliphatic heterocycles. The Hall–Kier alpha value is -1.10. The van der Waals surface area contributed by atoms with Gasteiger partial charge in [0.2, 0.25) is 5.91 Å². The van der Waals surface area contributed by atoms with Crippen molar-refractivity contribution in [3.63, 3.8) is 0 Å². The third-order valence-corrected chi connectivity index (χ3v) is 4.97. The highest BCUT2D eigenvalue weighted by Crippen LogP contribution is 2.38. The molecule has 0 aromatic rings. The maximum Gasteiger partial charge on any atom is 0.303 e. The summed E-state index contributed by atoms with van der Waals surface area (Å²) in [7, 11) is 0. The molecule has 1 aliphatic carbocycles. The molecule has 21 heavy (non-hydrogen) atoms. The topological polar surface area (TPSA) is 78.4 Å². The Balaban J connectivity index is 1.79. The molecule has 5 heteroatoms. The van der Waals surface area contributed by atoms with Gasteiger partial charge in [-0.3, -0.25) is 9.59 Å². The van der Waals surface area contributed by atoms with Crippen molar-refractivity contribution in [1.29, 1.82) is 0 Å². The van der Waals surface area contributed by atoms with Crippen molar-refractivity contribution < 1.29 is 14.7 Å². The number of nitrogens with one attached hydrogen (secondary N) is 2. The van der Waals surface area contributed by atoms with E-state index in [2.05, 4.69) is 10.6 Å². The van der Waals surface area contributed by atoms with Crippen LogP contribution in [0.1, 0.15) is 57.8 Å². The standard InChI is InChI=1S/C16H28N2O3/c19-14(9-13-5-4-8-17-11-13)18-12-16(10-15(20)21)6-2-1-3-7-16/h13,17H,1-12H2,(H,18,19)(H,20,21). The number of hydrogen-bond acceptors (Lipinski definition) is 3. The largest absolute Gasteiger partial charge is 0.481 e. The number of amides is 1. The zero-order chi connectivity index (χ0) is 15.1. The Morgan fingerprint density at radius 1 is 1.19 bits per heavy atom. The van der Waals surface area contributed by atoms with E-state index in [1.807, 2.05) is 0 Å². The highest BCUT2D eigenvalue weighted by atomic mass is 16.4. The number of piperidine rings is 1. The molecule has 1 saturated carbocycles.